The number of ketones is 1. The third-order valence-corrected chi connectivity index (χ3v) is 2.31. The van der Waals surface area contributed by atoms with Crippen molar-refractivity contribution < 1.29 is 9.21 Å². The van der Waals surface area contributed by atoms with Gasteiger partial charge >= 0.3 is 0 Å². The number of aromatic nitrogens is 1. The Balaban J connectivity index is 2.62. The summed E-state index contributed by atoms with van der Waals surface area (Å²) in [6.07, 6.45) is 0. The van der Waals surface area contributed by atoms with Gasteiger partial charge in [-0.1, -0.05) is 22.0 Å². The zero-order chi connectivity index (χ0) is 10.1. The summed E-state index contributed by atoms with van der Waals surface area (Å²) in [5, 5.41) is 0.194. The average molecular weight is 255 g/mol. The van der Waals surface area contributed by atoms with E-state index in [2.05, 4.69) is 20.9 Å². The second-order valence-electron chi connectivity index (χ2n) is 2.77. The Morgan fingerprint density at radius 1 is 1.57 bits per heavy atom. The molecule has 0 spiro atoms. The summed E-state index contributed by atoms with van der Waals surface area (Å²) in [7, 11) is 0. The van der Waals surface area contributed by atoms with Crippen molar-refractivity contribution in [1.82, 2.24) is 4.98 Å². The number of nitrogens with zero attached hydrogens (tertiary/aromatic N) is 1. The van der Waals surface area contributed by atoms with Crippen molar-refractivity contribution in [3.63, 3.8) is 0 Å². The van der Waals surface area contributed by atoms with Gasteiger partial charge in [-0.25, -0.2) is 4.98 Å². The summed E-state index contributed by atoms with van der Waals surface area (Å²) < 4.78 is 5.24. The molecule has 1 heterocycles. The maximum absolute atomic E-state index is 11.3. The first-order chi connectivity index (χ1) is 6.72. The van der Waals surface area contributed by atoms with E-state index in [-0.39, 0.29) is 17.0 Å². The van der Waals surface area contributed by atoms with E-state index < -0.39 is 0 Å². The Morgan fingerprint density at radius 2 is 2.36 bits per heavy atom. The zero-order valence-corrected chi connectivity index (χ0v) is 8.74. The van der Waals surface area contributed by atoms with Gasteiger partial charge in [0.05, 0.1) is 11.0 Å². The number of fused-ring (bicyclic) bond motifs is 1. The lowest BCUT2D eigenvalue weighted by atomic mass is 10.3. The molecule has 72 valence electrons. The molecule has 5 heteroatoms. The van der Waals surface area contributed by atoms with E-state index in [9.17, 15) is 4.79 Å². The van der Waals surface area contributed by atoms with Gasteiger partial charge in [0, 0.05) is 0 Å². The van der Waals surface area contributed by atoms with Gasteiger partial charge in [0.1, 0.15) is 5.52 Å². The summed E-state index contributed by atoms with van der Waals surface area (Å²) in [6.45, 7) is 0. The van der Waals surface area contributed by atoms with Crippen molar-refractivity contribution >= 4 is 38.5 Å². The van der Waals surface area contributed by atoms with Crippen LogP contribution >= 0.6 is 15.9 Å². The first kappa shape index (κ1) is 9.21. The van der Waals surface area contributed by atoms with E-state index >= 15 is 0 Å². The van der Waals surface area contributed by atoms with Crippen LogP contribution in [0.1, 0.15) is 10.7 Å². The predicted molar refractivity (Wildman–Crippen MR) is 56.5 cm³/mol. The molecule has 0 fully saturated rings. The minimum Gasteiger partial charge on any atom is -0.431 e. The molecule has 0 aliphatic rings. The Morgan fingerprint density at radius 3 is 3.00 bits per heavy atom. The number of oxazole rings is 1. The maximum Gasteiger partial charge on any atom is 0.265 e. The molecule has 2 N–H and O–H groups in total. The van der Waals surface area contributed by atoms with E-state index in [1.54, 1.807) is 18.2 Å². The lowest BCUT2D eigenvalue weighted by molar-refractivity contribution is 0.0989. The fourth-order valence-corrected chi connectivity index (χ4v) is 1.39. The van der Waals surface area contributed by atoms with Crippen LogP contribution in [-0.2, 0) is 0 Å². The highest BCUT2D eigenvalue weighted by Gasteiger charge is 2.13. The standard InChI is InChI=1S/C9H7BrN2O2/c10-4-7(13)9-12-6-3-1-2-5(11)8(6)14-9/h1-3H,4,11H2. The van der Waals surface area contributed by atoms with Crippen LogP contribution in [0.25, 0.3) is 11.1 Å². The van der Waals surface area contributed by atoms with E-state index in [0.29, 0.717) is 16.8 Å². The van der Waals surface area contributed by atoms with Crippen molar-refractivity contribution in [3.8, 4) is 0 Å². The van der Waals surface area contributed by atoms with Gasteiger partial charge in [0.15, 0.2) is 5.58 Å². The summed E-state index contributed by atoms with van der Waals surface area (Å²) in [5.41, 5.74) is 7.22. The number of para-hydroxylation sites is 1. The number of carbonyl (C=O) groups is 1. The third-order valence-electron chi connectivity index (χ3n) is 1.81. The smallest absolute Gasteiger partial charge is 0.265 e. The fraction of sp³-hybridized carbons (Fsp3) is 0.111. The fourth-order valence-electron chi connectivity index (χ4n) is 1.15. The van der Waals surface area contributed by atoms with Crippen LogP contribution in [0.4, 0.5) is 5.69 Å². The molecule has 0 amide bonds. The molecule has 0 unspecified atom stereocenters. The van der Waals surface area contributed by atoms with Gasteiger partial charge in [-0.2, -0.15) is 0 Å². The molecule has 0 radical (unpaired) electrons. The molecule has 1 aromatic carbocycles. The molecule has 0 atom stereocenters. The molecule has 0 aliphatic carbocycles. The largest absolute Gasteiger partial charge is 0.431 e. The Hall–Kier alpha value is -1.36. The van der Waals surface area contributed by atoms with Crippen LogP contribution in [0.2, 0.25) is 0 Å². The number of carbonyl (C=O) groups excluding carboxylic acids is 1. The van der Waals surface area contributed by atoms with Crippen molar-refractivity contribution in [2.45, 2.75) is 0 Å². The molecule has 0 saturated heterocycles. The quantitative estimate of drug-likeness (QED) is 0.506. The summed E-state index contributed by atoms with van der Waals surface area (Å²) in [6, 6.07) is 5.22. The minimum absolute atomic E-state index is 0.0924. The van der Waals surface area contributed by atoms with E-state index in [1.807, 2.05) is 0 Å². The van der Waals surface area contributed by atoms with Crippen molar-refractivity contribution in [3.05, 3.63) is 24.1 Å². The second kappa shape index (κ2) is 3.42. The van der Waals surface area contributed by atoms with Gasteiger partial charge in [-0.05, 0) is 12.1 Å². The number of benzene rings is 1. The average Bonchev–Trinajstić information content (AvgIpc) is 2.62. The van der Waals surface area contributed by atoms with E-state index in [0.717, 1.165) is 0 Å². The van der Waals surface area contributed by atoms with Gasteiger partial charge in [-0.15, -0.1) is 0 Å². The summed E-state index contributed by atoms with van der Waals surface area (Å²) in [4.78, 5) is 15.3. The number of nitrogen functional groups attached to an aromatic ring is 1. The molecule has 14 heavy (non-hydrogen) atoms. The topological polar surface area (TPSA) is 69.1 Å². The Bertz CT molecular complexity index is 493. The normalized spacial score (nSPS) is 10.6. The highest BCUT2D eigenvalue weighted by atomic mass is 79.9. The molecule has 0 saturated carbocycles. The first-order valence-corrected chi connectivity index (χ1v) is 5.08. The molecule has 2 aromatic rings. The number of anilines is 1. The molecule has 0 bridgehead atoms. The van der Waals surface area contributed by atoms with Gasteiger partial charge < -0.3 is 10.2 Å². The maximum atomic E-state index is 11.3. The molecular formula is C9H7BrN2O2. The molecule has 4 nitrogen and oxygen atoms in total. The number of hydrogen-bond acceptors (Lipinski definition) is 4. The van der Waals surface area contributed by atoms with Crippen LogP contribution in [0, 0.1) is 0 Å². The number of Topliss-reactive ketones (excluding diaryl/α,β-unsaturated/α-hetero) is 1. The zero-order valence-electron chi connectivity index (χ0n) is 7.16. The van der Waals surface area contributed by atoms with Crippen LogP contribution in [0.5, 0.6) is 0 Å². The molecule has 2 rings (SSSR count). The number of halogens is 1. The first-order valence-electron chi connectivity index (χ1n) is 3.96. The van der Waals surface area contributed by atoms with Gasteiger partial charge in [0.2, 0.25) is 5.78 Å². The molecular weight excluding hydrogens is 248 g/mol. The summed E-state index contributed by atoms with van der Waals surface area (Å²) in [5.74, 6) is -0.102. The number of nitrogens with two attached hydrogens (primary N) is 1. The van der Waals surface area contributed by atoms with Gasteiger partial charge in [0.25, 0.3) is 5.89 Å². The highest BCUT2D eigenvalue weighted by Crippen LogP contribution is 2.21. The minimum atomic E-state index is -0.194. The van der Waals surface area contributed by atoms with Crippen molar-refractivity contribution in [2.75, 3.05) is 11.1 Å². The molecule has 0 aliphatic heterocycles. The van der Waals surface area contributed by atoms with E-state index in [1.165, 1.54) is 0 Å². The monoisotopic (exact) mass is 254 g/mol. The Kier molecular flexibility index (Phi) is 2.25. The van der Waals surface area contributed by atoms with Crippen molar-refractivity contribution in [2.24, 2.45) is 0 Å². The summed E-state index contributed by atoms with van der Waals surface area (Å²) >= 11 is 3.05. The molecule has 1 aromatic heterocycles. The lowest BCUT2D eigenvalue weighted by Crippen LogP contribution is -1.99. The van der Waals surface area contributed by atoms with E-state index in [4.69, 9.17) is 10.2 Å². The number of alkyl halides is 1. The van der Waals surface area contributed by atoms with Gasteiger partial charge in [-0.3, -0.25) is 4.79 Å². The lowest BCUT2D eigenvalue weighted by Gasteiger charge is -1.90. The number of rotatable bonds is 2. The highest BCUT2D eigenvalue weighted by molar-refractivity contribution is 9.09. The van der Waals surface area contributed by atoms with Crippen LogP contribution in [0.15, 0.2) is 22.6 Å². The third kappa shape index (κ3) is 1.39. The SMILES string of the molecule is Nc1cccc2nc(C(=O)CBr)oc12. The van der Waals surface area contributed by atoms with Crippen molar-refractivity contribution in [1.29, 1.82) is 0 Å². The Labute approximate surface area is 88.2 Å². The second-order valence-corrected chi connectivity index (χ2v) is 3.33. The van der Waals surface area contributed by atoms with Crippen LogP contribution in [-0.4, -0.2) is 16.1 Å². The predicted octanol–water partition coefficient (Wildman–Crippen LogP) is 1.99. The van der Waals surface area contributed by atoms with Crippen LogP contribution in [0.3, 0.4) is 0 Å². The van der Waals surface area contributed by atoms with Crippen LogP contribution < -0.4 is 5.73 Å². The number of hydrogen-bond donors (Lipinski definition) is 1.